The second-order valence-corrected chi connectivity index (χ2v) is 9.05. The number of hydrogen-bond acceptors (Lipinski definition) is 8. The Bertz CT molecular complexity index is 630. The molecule has 1 unspecified atom stereocenters. The molecule has 0 bridgehead atoms. The van der Waals surface area contributed by atoms with Crippen molar-refractivity contribution in [3.8, 4) is 0 Å². The highest BCUT2D eigenvalue weighted by Gasteiger charge is 2.34. The summed E-state index contributed by atoms with van der Waals surface area (Å²) in [5.74, 6) is 0.609. The van der Waals surface area contributed by atoms with Crippen molar-refractivity contribution < 1.29 is 38.7 Å². The Kier molecular flexibility index (Phi) is 11.4. The van der Waals surface area contributed by atoms with E-state index in [0.29, 0.717) is 23.0 Å². The Labute approximate surface area is 190 Å². The van der Waals surface area contributed by atoms with Crippen LogP contribution in [0.3, 0.4) is 0 Å². The second-order valence-electron chi connectivity index (χ2n) is 9.05. The molecule has 0 spiro atoms. The van der Waals surface area contributed by atoms with E-state index >= 15 is 0 Å². The van der Waals surface area contributed by atoms with Gasteiger partial charge in [0.05, 0.1) is 6.10 Å². The topological polar surface area (TPSA) is 101 Å². The van der Waals surface area contributed by atoms with Crippen LogP contribution in [0.1, 0.15) is 65.2 Å². The van der Waals surface area contributed by atoms with Crippen molar-refractivity contribution >= 4 is 11.9 Å². The van der Waals surface area contributed by atoms with E-state index in [-0.39, 0.29) is 32.2 Å². The van der Waals surface area contributed by atoms with Gasteiger partial charge in [-0.3, -0.25) is 5.26 Å². The van der Waals surface area contributed by atoms with Gasteiger partial charge in [-0.25, -0.2) is 14.5 Å². The largest absolute Gasteiger partial charge is 0.459 e. The van der Waals surface area contributed by atoms with Crippen molar-refractivity contribution in [3.63, 3.8) is 0 Å². The van der Waals surface area contributed by atoms with Crippen LogP contribution in [0.5, 0.6) is 0 Å². The fourth-order valence-electron chi connectivity index (χ4n) is 4.65. The van der Waals surface area contributed by atoms with Gasteiger partial charge in [0.1, 0.15) is 12.7 Å². The van der Waals surface area contributed by atoms with Crippen LogP contribution in [0.2, 0.25) is 0 Å². The molecular weight excluding hydrogens is 416 g/mol. The van der Waals surface area contributed by atoms with Crippen molar-refractivity contribution in [1.29, 1.82) is 0 Å². The molecule has 0 saturated heterocycles. The van der Waals surface area contributed by atoms with Gasteiger partial charge in [-0.05, 0) is 83.0 Å². The van der Waals surface area contributed by atoms with E-state index in [0.717, 1.165) is 51.4 Å². The Morgan fingerprint density at radius 1 is 0.844 bits per heavy atom. The molecule has 2 saturated carbocycles. The maximum atomic E-state index is 11.6. The first-order valence-corrected chi connectivity index (χ1v) is 11.5. The minimum atomic E-state index is -0.488. The van der Waals surface area contributed by atoms with Crippen molar-refractivity contribution in [2.45, 2.75) is 77.4 Å². The van der Waals surface area contributed by atoms with E-state index < -0.39 is 18.0 Å². The quantitative estimate of drug-likeness (QED) is 0.116. The van der Waals surface area contributed by atoms with E-state index in [4.69, 9.17) is 18.9 Å². The van der Waals surface area contributed by atoms with Crippen LogP contribution in [-0.4, -0.2) is 49.6 Å². The highest BCUT2D eigenvalue weighted by molar-refractivity contribution is 5.87. The average molecular weight is 455 g/mol. The summed E-state index contributed by atoms with van der Waals surface area (Å²) in [6, 6.07) is 0. The highest BCUT2D eigenvalue weighted by Crippen LogP contribution is 2.41. The van der Waals surface area contributed by atoms with Gasteiger partial charge in [0.2, 0.25) is 0 Å². The summed E-state index contributed by atoms with van der Waals surface area (Å²) in [4.78, 5) is 27.5. The molecule has 2 rings (SSSR count). The zero-order valence-electron chi connectivity index (χ0n) is 19.4. The van der Waals surface area contributed by atoms with Gasteiger partial charge < -0.3 is 18.9 Å². The summed E-state index contributed by atoms with van der Waals surface area (Å²) in [6.45, 7) is 10.3. The van der Waals surface area contributed by atoms with Crippen LogP contribution in [0.4, 0.5) is 0 Å². The lowest BCUT2D eigenvalue weighted by atomic mass is 9.70. The minimum absolute atomic E-state index is 0.0500. The molecule has 2 aliphatic rings. The van der Waals surface area contributed by atoms with Crippen molar-refractivity contribution in [2.75, 3.05) is 20.2 Å². The smallest absolute Gasteiger partial charge is 0.335 e. The van der Waals surface area contributed by atoms with Gasteiger partial charge >= 0.3 is 11.9 Å². The molecule has 8 heteroatoms. The van der Waals surface area contributed by atoms with Gasteiger partial charge in [-0.2, -0.15) is 0 Å². The molecule has 1 N–H and O–H groups in total. The summed E-state index contributed by atoms with van der Waals surface area (Å²) in [5, 5.41) is 9.26. The number of hydrogen-bond donors (Lipinski definition) is 1. The fraction of sp³-hybridized carbons (Fsp3) is 0.750. The summed E-state index contributed by atoms with van der Waals surface area (Å²) < 4.78 is 21.0. The average Bonchev–Trinajstić information content (AvgIpc) is 2.79. The number of esters is 2. The normalized spacial score (nSPS) is 26.7. The van der Waals surface area contributed by atoms with Crippen LogP contribution >= 0.6 is 0 Å². The zero-order valence-corrected chi connectivity index (χ0v) is 19.4. The predicted octanol–water partition coefficient (Wildman–Crippen LogP) is 4.40. The first kappa shape index (κ1) is 26.5. The summed E-state index contributed by atoms with van der Waals surface area (Å²) >= 11 is 0. The zero-order chi connectivity index (χ0) is 23.5. The standard InChI is InChI=1S/C24H38O8/c1-16(2)23(25)29-13-22(32-27)20-7-5-18(6-8-20)19-9-11-21(12-10-19)30-14-28-15-31-24(26)17(3)4/h18-22,27H,1,3,5-15H2,2,4H3. The van der Waals surface area contributed by atoms with E-state index in [9.17, 15) is 14.8 Å². The Morgan fingerprint density at radius 3 is 1.91 bits per heavy atom. The molecule has 8 nitrogen and oxygen atoms in total. The van der Waals surface area contributed by atoms with Crippen LogP contribution in [0.15, 0.2) is 24.3 Å². The molecular formula is C24H38O8. The molecule has 0 aromatic carbocycles. The molecule has 0 aromatic heterocycles. The number of rotatable bonds is 12. The molecule has 32 heavy (non-hydrogen) atoms. The lowest BCUT2D eigenvalue weighted by Crippen LogP contribution is -2.35. The molecule has 0 aliphatic heterocycles. The Balaban J connectivity index is 1.61. The van der Waals surface area contributed by atoms with E-state index in [2.05, 4.69) is 18.0 Å². The first-order valence-electron chi connectivity index (χ1n) is 11.5. The lowest BCUT2D eigenvalue weighted by Gasteiger charge is -2.38. The van der Waals surface area contributed by atoms with Crippen LogP contribution in [0.25, 0.3) is 0 Å². The molecule has 0 heterocycles. The highest BCUT2D eigenvalue weighted by atomic mass is 17.1. The van der Waals surface area contributed by atoms with Crippen LogP contribution in [0, 0.1) is 17.8 Å². The molecule has 2 fully saturated rings. The first-order chi connectivity index (χ1) is 15.3. The molecule has 182 valence electrons. The molecule has 0 radical (unpaired) electrons. The van der Waals surface area contributed by atoms with Gasteiger partial charge in [0, 0.05) is 11.1 Å². The maximum Gasteiger partial charge on any atom is 0.335 e. The number of ether oxygens (including phenoxy) is 4. The fourth-order valence-corrected chi connectivity index (χ4v) is 4.65. The number of carbonyl (C=O) groups excluding carboxylic acids is 2. The third-order valence-corrected chi connectivity index (χ3v) is 6.60. The monoisotopic (exact) mass is 454 g/mol. The molecule has 1 atom stereocenters. The van der Waals surface area contributed by atoms with E-state index in [1.165, 1.54) is 0 Å². The maximum absolute atomic E-state index is 11.6. The Morgan fingerprint density at radius 2 is 1.38 bits per heavy atom. The van der Waals surface area contributed by atoms with E-state index in [1.54, 1.807) is 13.8 Å². The van der Waals surface area contributed by atoms with Gasteiger partial charge in [-0.15, -0.1) is 0 Å². The molecule has 2 aliphatic carbocycles. The SMILES string of the molecule is C=C(C)C(=O)OCOCOC1CCC(C2CCC(C(COC(=O)C(=C)C)OO)CC2)CC1. The van der Waals surface area contributed by atoms with Crippen molar-refractivity contribution in [2.24, 2.45) is 17.8 Å². The predicted molar refractivity (Wildman–Crippen MR) is 117 cm³/mol. The molecule has 0 amide bonds. The minimum Gasteiger partial charge on any atom is -0.459 e. The van der Waals surface area contributed by atoms with Crippen LogP contribution in [-0.2, 0) is 33.4 Å². The Hall–Kier alpha value is -1.74. The molecule has 0 aromatic rings. The number of carbonyl (C=O) groups is 2. The van der Waals surface area contributed by atoms with E-state index in [1.807, 2.05) is 0 Å². The second kappa shape index (κ2) is 13.7. The third-order valence-electron chi connectivity index (χ3n) is 6.60. The summed E-state index contributed by atoms with van der Waals surface area (Å²) in [5.41, 5.74) is 0.676. The third kappa shape index (κ3) is 8.65. The van der Waals surface area contributed by atoms with Crippen molar-refractivity contribution in [1.82, 2.24) is 0 Å². The lowest BCUT2D eigenvalue weighted by molar-refractivity contribution is -0.299. The van der Waals surface area contributed by atoms with Crippen molar-refractivity contribution in [3.05, 3.63) is 24.3 Å². The van der Waals surface area contributed by atoms with Gasteiger partial charge in [0.15, 0.2) is 13.6 Å². The summed E-state index contributed by atoms with van der Waals surface area (Å²) in [6.07, 6.45) is 8.02. The summed E-state index contributed by atoms with van der Waals surface area (Å²) in [7, 11) is 0. The van der Waals surface area contributed by atoms with Gasteiger partial charge in [0.25, 0.3) is 0 Å². The van der Waals surface area contributed by atoms with Gasteiger partial charge in [-0.1, -0.05) is 13.2 Å². The van der Waals surface area contributed by atoms with Crippen LogP contribution < -0.4 is 0 Å².